The van der Waals surface area contributed by atoms with E-state index in [1.807, 2.05) is 0 Å². The average molecular weight is 415 g/mol. The number of nitrogens with one attached hydrogen (secondary N) is 1. The Bertz CT molecular complexity index is 280. The van der Waals surface area contributed by atoms with E-state index >= 15 is 0 Å². The van der Waals surface area contributed by atoms with Gasteiger partial charge in [-0.2, -0.15) is 0 Å². The maximum absolute atomic E-state index is 5.61. The van der Waals surface area contributed by atoms with Crippen molar-refractivity contribution >= 4 is 29.9 Å². The number of hydrogen-bond acceptors (Lipinski definition) is 4. The molecule has 0 amide bonds. The van der Waals surface area contributed by atoms with Gasteiger partial charge in [-0.1, -0.05) is 0 Å². The molecule has 7 heteroatoms. The highest BCUT2D eigenvalue weighted by molar-refractivity contribution is 14.0. The van der Waals surface area contributed by atoms with Crippen molar-refractivity contribution in [1.29, 1.82) is 0 Å². The molecule has 1 rings (SSSR count). The van der Waals surface area contributed by atoms with Crippen molar-refractivity contribution < 1.29 is 14.2 Å². The van der Waals surface area contributed by atoms with Crippen LogP contribution in [-0.2, 0) is 14.2 Å². The van der Waals surface area contributed by atoms with Crippen LogP contribution in [0.25, 0.3) is 0 Å². The van der Waals surface area contributed by atoms with Crippen LogP contribution >= 0.6 is 24.0 Å². The molecule has 1 unspecified atom stereocenters. The second-order valence-corrected chi connectivity index (χ2v) is 4.90. The summed E-state index contributed by atoms with van der Waals surface area (Å²) in [5.74, 6) is 1.57. The number of guanidine groups is 1. The van der Waals surface area contributed by atoms with E-state index in [9.17, 15) is 0 Å². The number of nitrogens with zero attached hydrogens (tertiary/aromatic N) is 2. The first-order valence-corrected chi connectivity index (χ1v) is 7.40. The van der Waals surface area contributed by atoms with Gasteiger partial charge in [-0.15, -0.1) is 24.0 Å². The van der Waals surface area contributed by atoms with Crippen LogP contribution in [0.3, 0.4) is 0 Å². The first-order valence-electron chi connectivity index (χ1n) is 7.40. The first-order chi connectivity index (χ1) is 9.81. The molecule has 1 saturated heterocycles. The van der Waals surface area contributed by atoms with Crippen LogP contribution in [0.5, 0.6) is 0 Å². The number of aliphatic imine (C=N–C) groups is 1. The fourth-order valence-corrected chi connectivity index (χ4v) is 2.22. The van der Waals surface area contributed by atoms with Gasteiger partial charge in [-0.05, 0) is 13.3 Å². The molecule has 1 heterocycles. The maximum Gasteiger partial charge on any atom is 0.194 e. The Balaban J connectivity index is 0.00000400. The van der Waals surface area contributed by atoms with E-state index in [2.05, 4.69) is 22.1 Å². The highest BCUT2D eigenvalue weighted by Gasteiger charge is 2.24. The van der Waals surface area contributed by atoms with Crippen LogP contribution in [0.15, 0.2) is 4.99 Å². The fraction of sp³-hybridized carbons (Fsp3) is 0.929. The molecule has 0 bridgehead atoms. The molecule has 1 fully saturated rings. The summed E-state index contributed by atoms with van der Waals surface area (Å²) in [6, 6.07) is 0. The largest absolute Gasteiger partial charge is 0.383 e. The summed E-state index contributed by atoms with van der Waals surface area (Å²) < 4.78 is 15.6. The summed E-state index contributed by atoms with van der Waals surface area (Å²) in [7, 11) is 3.39. The minimum atomic E-state index is 0. The lowest BCUT2D eigenvalue weighted by atomic mass is 10.1. The normalized spacial score (nSPS) is 18.7. The third-order valence-corrected chi connectivity index (χ3v) is 3.26. The van der Waals surface area contributed by atoms with Crippen molar-refractivity contribution in [1.82, 2.24) is 10.2 Å². The van der Waals surface area contributed by atoms with Crippen LogP contribution in [0.2, 0.25) is 0 Å². The Morgan fingerprint density at radius 2 is 2.00 bits per heavy atom. The molecule has 21 heavy (non-hydrogen) atoms. The topological polar surface area (TPSA) is 55.3 Å². The first kappa shape index (κ1) is 20.9. The lowest BCUT2D eigenvalue weighted by Gasteiger charge is -2.21. The summed E-state index contributed by atoms with van der Waals surface area (Å²) in [6.45, 7) is 8.52. The summed E-state index contributed by atoms with van der Waals surface area (Å²) >= 11 is 0. The minimum absolute atomic E-state index is 0. The molecular weight excluding hydrogens is 385 g/mol. The molecule has 0 spiro atoms. The molecule has 0 aromatic carbocycles. The highest BCUT2D eigenvalue weighted by atomic mass is 127. The van der Waals surface area contributed by atoms with Gasteiger partial charge in [0.25, 0.3) is 0 Å². The zero-order valence-corrected chi connectivity index (χ0v) is 15.8. The number of ether oxygens (including phenoxy) is 3. The van der Waals surface area contributed by atoms with Crippen LogP contribution in [0, 0.1) is 5.92 Å². The lowest BCUT2D eigenvalue weighted by Crippen LogP contribution is -2.40. The third-order valence-electron chi connectivity index (χ3n) is 3.26. The average Bonchev–Trinajstić information content (AvgIpc) is 2.92. The van der Waals surface area contributed by atoms with Gasteiger partial charge in [0.05, 0.1) is 33.0 Å². The minimum Gasteiger partial charge on any atom is -0.383 e. The van der Waals surface area contributed by atoms with Gasteiger partial charge in [0, 0.05) is 39.8 Å². The van der Waals surface area contributed by atoms with Crippen LogP contribution in [0.1, 0.15) is 13.3 Å². The summed E-state index contributed by atoms with van der Waals surface area (Å²) in [5, 5.41) is 3.34. The molecule has 0 aliphatic carbocycles. The van der Waals surface area contributed by atoms with Crippen molar-refractivity contribution in [2.45, 2.75) is 13.3 Å². The Kier molecular flexibility index (Phi) is 13.5. The predicted molar refractivity (Wildman–Crippen MR) is 95.6 cm³/mol. The molecule has 1 aliphatic rings. The number of hydrogen-bond donors (Lipinski definition) is 1. The molecule has 6 nitrogen and oxygen atoms in total. The van der Waals surface area contributed by atoms with Crippen molar-refractivity contribution in [3.8, 4) is 0 Å². The summed E-state index contributed by atoms with van der Waals surface area (Å²) in [5.41, 5.74) is 0. The molecule has 1 N–H and O–H groups in total. The summed E-state index contributed by atoms with van der Waals surface area (Å²) in [4.78, 5) is 6.88. The molecule has 0 saturated carbocycles. The van der Waals surface area contributed by atoms with Gasteiger partial charge in [-0.3, -0.25) is 4.99 Å². The third kappa shape index (κ3) is 8.80. The molecular formula is C14H30IN3O3. The Hall–Kier alpha value is -0.120. The van der Waals surface area contributed by atoms with Crippen molar-refractivity contribution in [2.75, 3.05) is 66.8 Å². The van der Waals surface area contributed by atoms with E-state index in [0.717, 1.165) is 38.6 Å². The van der Waals surface area contributed by atoms with E-state index in [4.69, 9.17) is 14.2 Å². The number of methoxy groups -OCH3 is 2. The monoisotopic (exact) mass is 415 g/mol. The number of likely N-dealkylation sites (tertiary alicyclic amines) is 1. The zero-order valence-electron chi connectivity index (χ0n) is 13.5. The van der Waals surface area contributed by atoms with E-state index in [1.165, 1.54) is 0 Å². The predicted octanol–water partition coefficient (Wildman–Crippen LogP) is 1.20. The van der Waals surface area contributed by atoms with Gasteiger partial charge < -0.3 is 24.4 Å². The second kappa shape index (κ2) is 13.5. The smallest absolute Gasteiger partial charge is 0.194 e. The lowest BCUT2D eigenvalue weighted by molar-refractivity contribution is 0.0536. The van der Waals surface area contributed by atoms with Crippen molar-refractivity contribution in [2.24, 2.45) is 10.9 Å². The highest BCUT2D eigenvalue weighted by Crippen LogP contribution is 2.16. The Morgan fingerprint density at radius 3 is 2.67 bits per heavy atom. The van der Waals surface area contributed by atoms with Crippen LogP contribution < -0.4 is 5.32 Å². The maximum atomic E-state index is 5.61. The van der Waals surface area contributed by atoms with Crippen LogP contribution in [-0.4, -0.2) is 77.7 Å². The van der Waals surface area contributed by atoms with E-state index in [0.29, 0.717) is 32.3 Å². The van der Waals surface area contributed by atoms with E-state index in [1.54, 1.807) is 14.2 Å². The Morgan fingerprint density at radius 1 is 1.24 bits per heavy atom. The number of rotatable bonds is 9. The molecule has 0 radical (unpaired) electrons. The van der Waals surface area contributed by atoms with Gasteiger partial charge >= 0.3 is 0 Å². The Labute approximate surface area is 145 Å². The molecule has 1 atom stereocenters. The van der Waals surface area contributed by atoms with Gasteiger partial charge in [0.15, 0.2) is 5.96 Å². The van der Waals surface area contributed by atoms with E-state index < -0.39 is 0 Å². The van der Waals surface area contributed by atoms with Gasteiger partial charge in [0.2, 0.25) is 0 Å². The second-order valence-electron chi connectivity index (χ2n) is 4.90. The quantitative estimate of drug-likeness (QED) is 0.266. The molecule has 1 aliphatic heterocycles. The van der Waals surface area contributed by atoms with Crippen molar-refractivity contribution in [3.63, 3.8) is 0 Å². The SMILES string of the molecule is CCNC(=NCCOC)N1CCC(COCCOC)C1.I. The van der Waals surface area contributed by atoms with Gasteiger partial charge in [0.1, 0.15) is 0 Å². The fourth-order valence-electron chi connectivity index (χ4n) is 2.22. The van der Waals surface area contributed by atoms with Crippen LogP contribution in [0.4, 0.5) is 0 Å². The molecule has 126 valence electrons. The van der Waals surface area contributed by atoms with Crippen molar-refractivity contribution in [3.05, 3.63) is 0 Å². The standard InChI is InChI=1S/C14H29N3O3.HI/c1-4-15-14(16-6-8-18-2)17-7-5-13(11-17)12-20-10-9-19-3;/h13H,4-12H2,1-3H3,(H,15,16);1H. The molecule has 0 aromatic heterocycles. The number of halogens is 1. The summed E-state index contributed by atoms with van der Waals surface area (Å²) in [6.07, 6.45) is 1.15. The molecule has 0 aromatic rings. The van der Waals surface area contributed by atoms with E-state index in [-0.39, 0.29) is 24.0 Å². The van der Waals surface area contributed by atoms with Gasteiger partial charge in [-0.25, -0.2) is 0 Å². The zero-order chi connectivity index (χ0) is 14.6.